The molecular formula is C33H29N3O7. The molecule has 4 aromatic rings. The zero-order valence-electron chi connectivity index (χ0n) is 23.3. The Bertz CT molecular complexity index is 1590. The van der Waals surface area contributed by atoms with Crippen LogP contribution in [0.5, 0.6) is 17.2 Å². The summed E-state index contributed by atoms with van der Waals surface area (Å²) in [5, 5.41) is 6.44. The Balaban J connectivity index is 1.39. The van der Waals surface area contributed by atoms with Crippen molar-refractivity contribution in [2.24, 2.45) is 5.10 Å². The van der Waals surface area contributed by atoms with Crippen LogP contribution in [-0.2, 0) is 4.79 Å². The van der Waals surface area contributed by atoms with Crippen molar-refractivity contribution in [1.29, 1.82) is 0 Å². The summed E-state index contributed by atoms with van der Waals surface area (Å²) in [6.45, 7) is 2.25. The zero-order valence-corrected chi connectivity index (χ0v) is 23.3. The summed E-state index contributed by atoms with van der Waals surface area (Å²) in [5.41, 5.74) is 3.67. The number of benzene rings is 4. The molecule has 0 spiro atoms. The van der Waals surface area contributed by atoms with Crippen molar-refractivity contribution >= 4 is 30.0 Å². The SMILES string of the molecule is CCCOc1ccc(C(=O)NCC(=O)N/N=C\c2ccc(OC(=O)c3ccccc3)cc2OC(=O)c2ccccc2)cc1. The van der Waals surface area contributed by atoms with Gasteiger partial charge in [0.05, 0.1) is 30.5 Å². The second-order valence-corrected chi connectivity index (χ2v) is 9.06. The van der Waals surface area contributed by atoms with E-state index in [9.17, 15) is 19.2 Å². The van der Waals surface area contributed by atoms with Crippen molar-refractivity contribution in [3.63, 3.8) is 0 Å². The van der Waals surface area contributed by atoms with Crippen molar-refractivity contribution in [2.45, 2.75) is 13.3 Å². The molecule has 0 saturated carbocycles. The number of ether oxygens (including phenoxy) is 3. The lowest BCUT2D eigenvalue weighted by molar-refractivity contribution is -0.120. The molecule has 2 amide bonds. The molecule has 0 radical (unpaired) electrons. The van der Waals surface area contributed by atoms with E-state index in [0.717, 1.165) is 6.42 Å². The monoisotopic (exact) mass is 579 g/mol. The molecule has 43 heavy (non-hydrogen) atoms. The summed E-state index contributed by atoms with van der Waals surface area (Å²) in [4.78, 5) is 49.9. The van der Waals surface area contributed by atoms with E-state index >= 15 is 0 Å². The number of hydrogen-bond acceptors (Lipinski definition) is 8. The molecule has 218 valence electrons. The van der Waals surface area contributed by atoms with Gasteiger partial charge in [-0.05, 0) is 67.1 Å². The number of amides is 2. The number of carbonyl (C=O) groups is 4. The number of nitrogens with zero attached hydrogens (tertiary/aromatic N) is 1. The Labute approximate surface area is 248 Å². The first-order valence-electron chi connectivity index (χ1n) is 13.4. The maximum absolute atomic E-state index is 12.7. The van der Waals surface area contributed by atoms with Gasteiger partial charge in [-0.1, -0.05) is 43.3 Å². The first-order chi connectivity index (χ1) is 20.9. The number of esters is 2. The fourth-order valence-electron chi connectivity index (χ4n) is 3.64. The minimum absolute atomic E-state index is 0.0462. The van der Waals surface area contributed by atoms with Crippen LogP contribution >= 0.6 is 0 Å². The molecule has 4 aromatic carbocycles. The van der Waals surface area contributed by atoms with E-state index in [4.69, 9.17) is 14.2 Å². The maximum atomic E-state index is 12.7. The molecule has 2 N–H and O–H groups in total. The molecule has 0 aliphatic heterocycles. The summed E-state index contributed by atoms with van der Waals surface area (Å²) < 4.78 is 16.5. The molecule has 0 aromatic heterocycles. The first kappa shape index (κ1) is 30.2. The summed E-state index contributed by atoms with van der Waals surface area (Å²) in [5.74, 6) is -1.40. The second kappa shape index (κ2) is 15.3. The zero-order chi connectivity index (χ0) is 30.4. The molecule has 0 atom stereocenters. The first-order valence-corrected chi connectivity index (χ1v) is 13.4. The van der Waals surface area contributed by atoms with Gasteiger partial charge in [-0.2, -0.15) is 5.10 Å². The minimum atomic E-state index is -0.640. The van der Waals surface area contributed by atoms with E-state index < -0.39 is 23.8 Å². The number of rotatable bonds is 12. The number of hydrazone groups is 1. The summed E-state index contributed by atoms with van der Waals surface area (Å²) in [6, 6.07) is 27.8. The van der Waals surface area contributed by atoms with Crippen LogP contribution in [0.25, 0.3) is 0 Å². The van der Waals surface area contributed by atoms with Crippen molar-refractivity contribution in [2.75, 3.05) is 13.2 Å². The molecule has 4 rings (SSSR count). The van der Waals surface area contributed by atoms with Gasteiger partial charge < -0.3 is 19.5 Å². The lowest BCUT2D eigenvalue weighted by Crippen LogP contribution is -2.34. The quantitative estimate of drug-likeness (QED) is 0.107. The van der Waals surface area contributed by atoms with Gasteiger partial charge in [0.15, 0.2) is 0 Å². The highest BCUT2D eigenvalue weighted by Gasteiger charge is 2.15. The average molecular weight is 580 g/mol. The summed E-state index contributed by atoms with van der Waals surface area (Å²) in [6.07, 6.45) is 2.14. The second-order valence-electron chi connectivity index (χ2n) is 9.06. The molecular weight excluding hydrogens is 550 g/mol. The third-order valence-electron chi connectivity index (χ3n) is 5.81. The molecule has 0 aliphatic rings. The molecule has 0 unspecified atom stereocenters. The maximum Gasteiger partial charge on any atom is 0.343 e. The predicted molar refractivity (Wildman–Crippen MR) is 160 cm³/mol. The molecule has 10 nitrogen and oxygen atoms in total. The molecule has 0 bridgehead atoms. The molecule has 0 fully saturated rings. The molecule has 0 aliphatic carbocycles. The number of nitrogens with one attached hydrogen (secondary N) is 2. The Morgan fingerprint density at radius 3 is 1.95 bits per heavy atom. The van der Waals surface area contributed by atoms with Gasteiger partial charge in [-0.15, -0.1) is 0 Å². The highest BCUT2D eigenvalue weighted by molar-refractivity contribution is 5.97. The largest absolute Gasteiger partial charge is 0.494 e. The van der Waals surface area contributed by atoms with Gasteiger partial charge in [-0.25, -0.2) is 15.0 Å². The Kier molecular flexibility index (Phi) is 10.7. The van der Waals surface area contributed by atoms with Gasteiger partial charge in [0.2, 0.25) is 0 Å². The Morgan fingerprint density at radius 2 is 1.33 bits per heavy atom. The summed E-state index contributed by atoms with van der Waals surface area (Å²) in [7, 11) is 0. The van der Waals surface area contributed by atoms with Crippen LogP contribution in [0, 0.1) is 0 Å². The number of hydrogen-bond donors (Lipinski definition) is 2. The van der Waals surface area contributed by atoms with E-state index in [-0.39, 0.29) is 18.0 Å². The van der Waals surface area contributed by atoms with Crippen molar-refractivity contribution < 1.29 is 33.4 Å². The van der Waals surface area contributed by atoms with E-state index in [1.54, 1.807) is 84.9 Å². The van der Waals surface area contributed by atoms with Crippen LogP contribution in [0.3, 0.4) is 0 Å². The van der Waals surface area contributed by atoms with E-state index in [2.05, 4.69) is 15.8 Å². The van der Waals surface area contributed by atoms with Gasteiger partial charge in [0.1, 0.15) is 17.2 Å². The van der Waals surface area contributed by atoms with Crippen LogP contribution in [0.2, 0.25) is 0 Å². The van der Waals surface area contributed by atoms with Gasteiger partial charge in [0.25, 0.3) is 11.8 Å². The lowest BCUT2D eigenvalue weighted by atomic mass is 10.2. The smallest absolute Gasteiger partial charge is 0.343 e. The minimum Gasteiger partial charge on any atom is -0.494 e. The van der Waals surface area contributed by atoms with E-state index in [1.165, 1.54) is 24.4 Å². The van der Waals surface area contributed by atoms with Crippen LogP contribution in [0.4, 0.5) is 0 Å². The van der Waals surface area contributed by atoms with Gasteiger partial charge in [0, 0.05) is 17.2 Å². The number of carbonyl (C=O) groups excluding carboxylic acids is 4. The fraction of sp³-hybridized carbons (Fsp3) is 0.121. The Morgan fingerprint density at radius 1 is 0.721 bits per heavy atom. The third kappa shape index (κ3) is 9.12. The lowest BCUT2D eigenvalue weighted by Gasteiger charge is -2.11. The van der Waals surface area contributed by atoms with Crippen molar-refractivity contribution in [3.8, 4) is 17.2 Å². The van der Waals surface area contributed by atoms with Crippen molar-refractivity contribution in [3.05, 3.63) is 125 Å². The fourth-order valence-corrected chi connectivity index (χ4v) is 3.64. The Hall–Kier alpha value is -5.77. The van der Waals surface area contributed by atoms with Crippen LogP contribution in [0.15, 0.2) is 108 Å². The highest BCUT2D eigenvalue weighted by Crippen LogP contribution is 2.26. The normalized spacial score (nSPS) is 10.5. The van der Waals surface area contributed by atoms with Crippen LogP contribution < -0.4 is 25.0 Å². The molecule has 0 saturated heterocycles. The van der Waals surface area contributed by atoms with Crippen LogP contribution in [-0.4, -0.2) is 43.1 Å². The van der Waals surface area contributed by atoms with E-state index in [1.807, 2.05) is 6.92 Å². The van der Waals surface area contributed by atoms with Gasteiger partial charge in [-0.3, -0.25) is 9.59 Å². The van der Waals surface area contributed by atoms with Crippen LogP contribution in [0.1, 0.15) is 50.0 Å². The predicted octanol–water partition coefficient (Wildman–Crippen LogP) is 4.79. The molecule has 10 heteroatoms. The third-order valence-corrected chi connectivity index (χ3v) is 5.81. The topological polar surface area (TPSA) is 132 Å². The van der Waals surface area contributed by atoms with Crippen molar-refractivity contribution in [1.82, 2.24) is 10.7 Å². The highest BCUT2D eigenvalue weighted by atomic mass is 16.5. The standard InChI is InChI=1S/C33H29N3O7/c1-2-19-41-27-16-13-23(14-17-27)31(38)34-22-30(37)36-35-21-26-15-18-28(42-32(39)24-9-5-3-6-10-24)20-29(26)43-33(40)25-11-7-4-8-12-25/h3-18,20-21H,2,19,22H2,1H3,(H,34,38)(H,36,37)/b35-21-. The average Bonchev–Trinajstić information content (AvgIpc) is 3.04. The van der Waals surface area contributed by atoms with E-state index in [0.29, 0.717) is 34.6 Å². The summed E-state index contributed by atoms with van der Waals surface area (Å²) >= 11 is 0. The van der Waals surface area contributed by atoms with Gasteiger partial charge >= 0.3 is 11.9 Å². The molecule has 0 heterocycles.